The number of aromatic hydroxyl groups is 1. The number of phenolic OH excluding ortho intramolecular Hbond substituents is 1. The van der Waals surface area contributed by atoms with Crippen molar-refractivity contribution in [3.8, 4) is 17.9 Å². The van der Waals surface area contributed by atoms with Crippen molar-refractivity contribution in [2.24, 2.45) is 0 Å². The lowest BCUT2D eigenvalue weighted by Gasteiger charge is -2.09. The smallest absolute Gasteiger partial charge is 0.158 e. The molecule has 0 unspecified atom stereocenters. The molecule has 1 rings (SSSR count). The number of hydrogen-bond donors (Lipinski definition) is 3. The quantitative estimate of drug-likeness (QED) is 0.407. The molecule has 0 aromatic heterocycles. The topological polar surface area (TPSA) is 120 Å². The van der Waals surface area contributed by atoms with Crippen molar-refractivity contribution in [1.29, 1.82) is 10.5 Å². The van der Waals surface area contributed by atoms with Gasteiger partial charge in [-0.25, -0.2) is 0 Å². The fraction of sp³-hybridized carbons (Fsp3) is 0.111. The zero-order valence-electron chi connectivity index (χ0n) is 7.50. The Kier molecular flexibility index (Phi) is 2.18. The number of nitriles is 2. The maximum atomic E-state index is 9.44. The maximum absolute atomic E-state index is 9.44. The minimum atomic E-state index is -0.360. The van der Waals surface area contributed by atoms with Gasteiger partial charge in [-0.1, -0.05) is 0 Å². The van der Waals surface area contributed by atoms with Crippen LogP contribution in [0.1, 0.15) is 16.7 Å². The first-order valence-electron chi connectivity index (χ1n) is 3.75. The minimum Gasteiger partial charge on any atom is -0.504 e. The van der Waals surface area contributed by atoms with E-state index in [9.17, 15) is 5.11 Å². The number of nitrogens with two attached hydrogens (primary N) is 2. The van der Waals surface area contributed by atoms with Crippen molar-refractivity contribution in [1.82, 2.24) is 0 Å². The van der Waals surface area contributed by atoms with Gasteiger partial charge >= 0.3 is 0 Å². The molecule has 1 aromatic carbocycles. The molecule has 5 heteroatoms. The van der Waals surface area contributed by atoms with Crippen molar-refractivity contribution >= 4 is 11.4 Å². The van der Waals surface area contributed by atoms with Gasteiger partial charge in [-0.05, 0) is 12.5 Å². The molecule has 0 bridgehead atoms. The Bertz CT molecular complexity index is 438. The summed E-state index contributed by atoms with van der Waals surface area (Å²) < 4.78 is 0. The van der Waals surface area contributed by atoms with Crippen molar-refractivity contribution in [3.63, 3.8) is 0 Å². The van der Waals surface area contributed by atoms with Crippen LogP contribution in [0.25, 0.3) is 0 Å². The Morgan fingerprint density at radius 2 is 1.57 bits per heavy atom. The Balaban J connectivity index is 3.78. The highest BCUT2D eigenvalue weighted by Crippen LogP contribution is 2.36. The van der Waals surface area contributed by atoms with Gasteiger partial charge in [-0.2, -0.15) is 10.5 Å². The molecule has 1 aromatic rings. The third kappa shape index (κ3) is 1.08. The lowest BCUT2D eigenvalue weighted by atomic mass is 9.99. The zero-order chi connectivity index (χ0) is 10.9. The molecular weight excluding hydrogens is 180 g/mol. The van der Waals surface area contributed by atoms with Gasteiger partial charge in [0.1, 0.15) is 23.4 Å². The van der Waals surface area contributed by atoms with Crippen molar-refractivity contribution in [2.45, 2.75) is 6.92 Å². The summed E-state index contributed by atoms with van der Waals surface area (Å²) in [6, 6.07) is 3.61. The molecule has 0 atom stereocenters. The van der Waals surface area contributed by atoms with Gasteiger partial charge in [-0.15, -0.1) is 0 Å². The highest BCUT2D eigenvalue weighted by molar-refractivity contribution is 5.82. The second kappa shape index (κ2) is 3.15. The first kappa shape index (κ1) is 9.69. The number of rotatable bonds is 0. The number of hydrogen-bond acceptors (Lipinski definition) is 5. The lowest BCUT2D eigenvalue weighted by Crippen LogP contribution is -2.03. The number of nitrogens with zero attached hydrogens (tertiary/aromatic N) is 2. The second-order valence-corrected chi connectivity index (χ2v) is 2.77. The summed E-state index contributed by atoms with van der Waals surface area (Å²) in [5.74, 6) is -0.360. The first-order chi connectivity index (χ1) is 6.54. The fourth-order valence-electron chi connectivity index (χ4n) is 1.18. The van der Waals surface area contributed by atoms with E-state index in [4.69, 9.17) is 22.0 Å². The van der Waals surface area contributed by atoms with Crippen LogP contribution in [0, 0.1) is 29.6 Å². The molecule has 0 aliphatic heterocycles. The van der Waals surface area contributed by atoms with Gasteiger partial charge in [-0.3, -0.25) is 0 Å². The van der Waals surface area contributed by atoms with E-state index in [2.05, 4.69) is 0 Å². The third-order valence-electron chi connectivity index (χ3n) is 2.03. The summed E-state index contributed by atoms with van der Waals surface area (Å²) in [7, 11) is 0. The first-order valence-corrected chi connectivity index (χ1v) is 3.75. The zero-order valence-corrected chi connectivity index (χ0v) is 7.50. The van der Waals surface area contributed by atoms with Crippen LogP contribution in [0.15, 0.2) is 0 Å². The van der Waals surface area contributed by atoms with E-state index < -0.39 is 0 Å². The Morgan fingerprint density at radius 1 is 1.07 bits per heavy atom. The largest absolute Gasteiger partial charge is 0.504 e. The molecule has 14 heavy (non-hydrogen) atoms. The molecule has 70 valence electrons. The van der Waals surface area contributed by atoms with E-state index in [1.165, 1.54) is 6.92 Å². The van der Waals surface area contributed by atoms with Gasteiger partial charge in [0.2, 0.25) is 0 Å². The van der Waals surface area contributed by atoms with E-state index in [0.717, 1.165) is 0 Å². The number of benzene rings is 1. The van der Waals surface area contributed by atoms with Crippen molar-refractivity contribution < 1.29 is 5.11 Å². The van der Waals surface area contributed by atoms with Crippen LogP contribution in [0.3, 0.4) is 0 Å². The molecule has 0 amide bonds. The van der Waals surface area contributed by atoms with E-state index in [-0.39, 0.29) is 28.3 Å². The van der Waals surface area contributed by atoms with Crippen LogP contribution in [0.2, 0.25) is 0 Å². The van der Waals surface area contributed by atoms with Gasteiger partial charge in [0.25, 0.3) is 0 Å². The molecule has 0 radical (unpaired) electrons. The van der Waals surface area contributed by atoms with Crippen molar-refractivity contribution in [3.05, 3.63) is 16.7 Å². The molecule has 0 spiro atoms. The monoisotopic (exact) mass is 188 g/mol. The molecule has 0 saturated heterocycles. The molecule has 0 heterocycles. The minimum absolute atomic E-state index is 0.00625. The van der Waals surface area contributed by atoms with E-state index in [0.29, 0.717) is 5.56 Å². The molecule has 5 nitrogen and oxygen atoms in total. The van der Waals surface area contributed by atoms with E-state index in [1.807, 2.05) is 6.07 Å². The van der Waals surface area contributed by atoms with E-state index >= 15 is 0 Å². The predicted molar refractivity (Wildman–Crippen MR) is 51.1 cm³/mol. The van der Waals surface area contributed by atoms with Crippen LogP contribution < -0.4 is 11.5 Å². The molecule has 0 aliphatic rings. The van der Waals surface area contributed by atoms with Gasteiger partial charge in [0.05, 0.1) is 11.3 Å². The molecule has 0 aliphatic carbocycles. The van der Waals surface area contributed by atoms with Crippen LogP contribution >= 0.6 is 0 Å². The summed E-state index contributed by atoms with van der Waals surface area (Å²) >= 11 is 0. The van der Waals surface area contributed by atoms with Crippen LogP contribution in [0.4, 0.5) is 11.4 Å². The average molecular weight is 188 g/mol. The Labute approximate surface area is 80.8 Å². The lowest BCUT2D eigenvalue weighted by molar-refractivity contribution is 0.476. The van der Waals surface area contributed by atoms with Crippen LogP contribution in [-0.4, -0.2) is 5.11 Å². The number of phenols is 1. The van der Waals surface area contributed by atoms with Gasteiger partial charge in [0.15, 0.2) is 5.75 Å². The van der Waals surface area contributed by atoms with Crippen molar-refractivity contribution in [2.75, 3.05) is 11.5 Å². The van der Waals surface area contributed by atoms with E-state index in [1.54, 1.807) is 6.07 Å². The second-order valence-electron chi connectivity index (χ2n) is 2.77. The summed E-state index contributed by atoms with van der Waals surface area (Å²) in [4.78, 5) is 0. The van der Waals surface area contributed by atoms with Crippen LogP contribution in [-0.2, 0) is 0 Å². The van der Waals surface area contributed by atoms with Gasteiger partial charge in [0, 0.05) is 0 Å². The average Bonchev–Trinajstić information content (AvgIpc) is 2.16. The maximum Gasteiger partial charge on any atom is 0.158 e. The molecule has 5 N–H and O–H groups in total. The summed E-state index contributed by atoms with van der Waals surface area (Å²) in [6.07, 6.45) is 0. The Hall–Kier alpha value is -2.40. The third-order valence-corrected chi connectivity index (χ3v) is 2.03. The Morgan fingerprint density at radius 3 is 2.00 bits per heavy atom. The summed E-state index contributed by atoms with van der Waals surface area (Å²) in [5.41, 5.74) is 11.3. The van der Waals surface area contributed by atoms with Crippen LogP contribution in [0.5, 0.6) is 5.75 Å². The van der Waals surface area contributed by atoms with Gasteiger partial charge < -0.3 is 16.6 Å². The number of anilines is 2. The summed E-state index contributed by atoms with van der Waals surface area (Å²) in [6.45, 7) is 1.53. The SMILES string of the molecule is Cc1c(C#N)c(N)c(N)c(O)c1C#N. The normalized spacial score (nSPS) is 9.07. The summed E-state index contributed by atoms with van der Waals surface area (Å²) in [5, 5.41) is 26.9. The predicted octanol–water partition coefficient (Wildman–Crippen LogP) is 0.608. The number of nitrogen functional groups attached to an aromatic ring is 2. The molecule has 0 fully saturated rings. The molecular formula is C9H8N4O. The molecule has 0 saturated carbocycles. The fourth-order valence-corrected chi connectivity index (χ4v) is 1.18. The highest BCUT2D eigenvalue weighted by atomic mass is 16.3. The standard InChI is InChI=1S/C9H8N4O/c1-4-5(2-10)7(12)8(13)9(14)6(4)3-11/h14H,12-13H2,1H3. The highest BCUT2D eigenvalue weighted by Gasteiger charge is 2.17.